The Kier molecular flexibility index (Phi) is 56.8. The topological polar surface area (TPSA) is 78.9 Å². The zero-order chi connectivity index (χ0) is 51.4. The summed E-state index contributed by atoms with van der Waals surface area (Å²) in [7, 11) is 0. The van der Waals surface area contributed by atoms with Crippen LogP contribution in [0.25, 0.3) is 0 Å². The van der Waals surface area contributed by atoms with Crippen molar-refractivity contribution in [3.63, 3.8) is 0 Å². The van der Waals surface area contributed by atoms with Crippen LogP contribution in [0.4, 0.5) is 0 Å². The van der Waals surface area contributed by atoms with Crippen molar-refractivity contribution >= 4 is 17.9 Å². The van der Waals surface area contributed by atoms with Crippen LogP contribution in [0.5, 0.6) is 0 Å². The minimum Gasteiger partial charge on any atom is -0.462 e. The lowest BCUT2D eigenvalue weighted by atomic mass is 10.0. The van der Waals surface area contributed by atoms with Crippen molar-refractivity contribution in [2.75, 3.05) is 13.2 Å². The molecule has 0 aliphatic rings. The molecule has 0 aromatic heterocycles. The Morgan fingerprint density at radius 3 is 0.859 bits per heavy atom. The van der Waals surface area contributed by atoms with Gasteiger partial charge >= 0.3 is 17.9 Å². The molecule has 0 amide bonds. The molecule has 0 saturated carbocycles. The highest BCUT2D eigenvalue weighted by Crippen LogP contribution is 2.17. The Morgan fingerprint density at radius 2 is 0.549 bits per heavy atom. The number of hydrogen-bond donors (Lipinski definition) is 0. The second kappa shape index (κ2) is 59.4. The number of unbranched alkanes of at least 4 members (excludes halogenated alkanes) is 32. The lowest BCUT2D eigenvalue weighted by Crippen LogP contribution is -2.30. The van der Waals surface area contributed by atoms with Gasteiger partial charge in [0.25, 0.3) is 0 Å². The molecule has 0 aliphatic heterocycles. The summed E-state index contributed by atoms with van der Waals surface area (Å²) in [6.07, 6.45) is 76.1. The second-order valence-electron chi connectivity index (χ2n) is 20.2. The van der Waals surface area contributed by atoms with E-state index in [4.69, 9.17) is 14.2 Å². The molecule has 0 aromatic carbocycles. The third kappa shape index (κ3) is 57.6. The van der Waals surface area contributed by atoms with Gasteiger partial charge in [-0.3, -0.25) is 14.4 Å². The fourth-order valence-electron chi connectivity index (χ4n) is 8.68. The maximum absolute atomic E-state index is 12.9. The number of rotatable bonds is 55. The van der Waals surface area contributed by atoms with Crippen LogP contribution in [0, 0.1) is 0 Å². The molecule has 410 valence electrons. The van der Waals surface area contributed by atoms with Crippen molar-refractivity contribution in [3.05, 3.63) is 72.9 Å². The van der Waals surface area contributed by atoms with Crippen molar-refractivity contribution in [2.45, 2.75) is 309 Å². The lowest BCUT2D eigenvalue weighted by molar-refractivity contribution is -0.167. The smallest absolute Gasteiger partial charge is 0.306 e. The third-order valence-electron chi connectivity index (χ3n) is 13.2. The average Bonchev–Trinajstić information content (AvgIpc) is 3.37. The van der Waals surface area contributed by atoms with Gasteiger partial charge in [-0.05, 0) is 70.6 Å². The largest absolute Gasteiger partial charge is 0.462 e. The first kappa shape index (κ1) is 67.8. The quantitative estimate of drug-likeness (QED) is 0.0261. The van der Waals surface area contributed by atoms with Gasteiger partial charge < -0.3 is 14.2 Å². The van der Waals surface area contributed by atoms with Gasteiger partial charge in [-0.2, -0.15) is 0 Å². The van der Waals surface area contributed by atoms with E-state index in [9.17, 15) is 14.4 Å². The Balaban J connectivity index is 4.38. The summed E-state index contributed by atoms with van der Waals surface area (Å²) in [5.74, 6) is -0.890. The molecular formula is C65H114O6. The maximum atomic E-state index is 12.9. The molecule has 0 radical (unpaired) electrons. The van der Waals surface area contributed by atoms with Crippen molar-refractivity contribution in [2.24, 2.45) is 0 Å². The van der Waals surface area contributed by atoms with Gasteiger partial charge in [0.05, 0.1) is 0 Å². The highest BCUT2D eigenvalue weighted by molar-refractivity contribution is 5.71. The zero-order valence-corrected chi connectivity index (χ0v) is 47.0. The summed E-state index contributed by atoms with van der Waals surface area (Å²) in [6, 6.07) is 0. The molecule has 6 heteroatoms. The lowest BCUT2D eigenvalue weighted by Gasteiger charge is -2.18. The van der Waals surface area contributed by atoms with Crippen molar-refractivity contribution < 1.29 is 28.6 Å². The van der Waals surface area contributed by atoms with Crippen LogP contribution in [-0.4, -0.2) is 37.2 Å². The number of ether oxygens (including phenoxy) is 3. The van der Waals surface area contributed by atoms with Crippen LogP contribution < -0.4 is 0 Å². The van der Waals surface area contributed by atoms with Crippen molar-refractivity contribution in [1.82, 2.24) is 0 Å². The first-order valence-electron chi connectivity index (χ1n) is 30.4. The van der Waals surface area contributed by atoms with Gasteiger partial charge in [0.2, 0.25) is 0 Å². The van der Waals surface area contributed by atoms with Gasteiger partial charge in [-0.25, -0.2) is 0 Å². The molecule has 0 rings (SSSR count). The van der Waals surface area contributed by atoms with Crippen LogP contribution in [0.15, 0.2) is 72.9 Å². The molecular weight excluding hydrogens is 877 g/mol. The first-order valence-corrected chi connectivity index (χ1v) is 30.4. The van der Waals surface area contributed by atoms with E-state index in [1.54, 1.807) is 0 Å². The van der Waals surface area contributed by atoms with Gasteiger partial charge in [0, 0.05) is 19.3 Å². The fourth-order valence-corrected chi connectivity index (χ4v) is 8.68. The van der Waals surface area contributed by atoms with Gasteiger partial charge in [0.15, 0.2) is 6.10 Å². The second-order valence-corrected chi connectivity index (χ2v) is 20.2. The van der Waals surface area contributed by atoms with Crippen LogP contribution in [0.3, 0.4) is 0 Å². The molecule has 0 saturated heterocycles. The molecule has 0 heterocycles. The Hall–Kier alpha value is -3.15. The number of carbonyl (C=O) groups is 3. The summed E-state index contributed by atoms with van der Waals surface area (Å²) in [4.78, 5) is 38.2. The number of carbonyl (C=O) groups excluding carboxylic acids is 3. The van der Waals surface area contributed by atoms with Crippen molar-refractivity contribution in [3.8, 4) is 0 Å². The summed E-state index contributed by atoms with van der Waals surface area (Å²) in [6.45, 7) is 6.54. The van der Waals surface area contributed by atoms with E-state index in [0.29, 0.717) is 19.3 Å². The van der Waals surface area contributed by atoms with E-state index in [-0.39, 0.29) is 31.1 Å². The summed E-state index contributed by atoms with van der Waals surface area (Å²) in [5.41, 5.74) is 0. The van der Waals surface area contributed by atoms with E-state index < -0.39 is 6.10 Å². The molecule has 1 unspecified atom stereocenters. The van der Waals surface area contributed by atoms with E-state index in [2.05, 4.69) is 93.7 Å². The fraction of sp³-hybridized carbons (Fsp3) is 0.769. The standard InChI is InChI=1S/C65H114O6/c1-4-7-10-13-16-19-22-25-28-29-30-31-32-33-34-35-38-40-43-46-49-52-55-58-64(67)70-61-62(71-65(68)59-56-53-50-47-44-41-37-27-24-21-18-15-12-9-6-3)60-69-63(66)57-54-51-48-45-42-39-36-26-23-20-17-14-11-8-5-2/h7,10,16,19,25,28,30-31,33-34,38,40,62H,4-6,8-9,11-15,17-18,20-24,26-27,29,32,35-37,39,41-61H2,1-3H3/b10-7-,19-16-,28-25-,31-30-,34-33-,40-38-. The Labute approximate surface area is 440 Å². The number of esters is 3. The molecule has 71 heavy (non-hydrogen) atoms. The van der Waals surface area contributed by atoms with Gasteiger partial charge in [-0.15, -0.1) is 0 Å². The summed E-state index contributed by atoms with van der Waals surface area (Å²) < 4.78 is 16.9. The molecule has 0 bridgehead atoms. The summed E-state index contributed by atoms with van der Waals surface area (Å²) >= 11 is 0. The van der Waals surface area contributed by atoms with E-state index in [0.717, 1.165) is 109 Å². The number of hydrogen-bond acceptors (Lipinski definition) is 6. The predicted molar refractivity (Wildman–Crippen MR) is 307 cm³/mol. The molecule has 0 aliphatic carbocycles. The van der Waals surface area contributed by atoms with Gasteiger partial charge in [-0.1, -0.05) is 286 Å². The highest BCUT2D eigenvalue weighted by Gasteiger charge is 2.19. The molecule has 0 N–H and O–H groups in total. The van der Waals surface area contributed by atoms with E-state index >= 15 is 0 Å². The zero-order valence-electron chi connectivity index (χ0n) is 47.0. The third-order valence-corrected chi connectivity index (χ3v) is 13.2. The molecule has 1 atom stereocenters. The normalized spacial score (nSPS) is 12.5. The minimum absolute atomic E-state index is 0.0793. The number of allylic oxidation sites excluding steroid dienone is 12. The Bertz CT molecular complexity index is 1320. The van der Waals surface area contributed by atoms with Crippen molar-refractivity contribution in [1.29, 1.82) is 0 Å². The minimum atomic E-state index is -0.783. The highest BCUT2D eigenvalue weighted by atomic mass is 16.6. The van der Waals surface area contributed by atoms with Crippen LogP contribution >= 0.6 is 0 Å². The molecule has 0 spiro atoms. The summed E-state index contributed by atoms with van der Waals surface area (Å²) in [5, 5.41) is 0. The molecule has 0 fully saturated rings. The first-order chi connectivity index (χ1) is 35.0. The Morgan fingerprint density at radius 1 is 0.296 bits per heavy atom. The van der Waals surface area contributed by atoms with Crippen LogP contribution in [-0.2, 0) is 28.6 Å². The van der Waals surface area contributed by atoms with Crippen LogP contribution in [0.1, 0.15) is 303 Å². The predicted octanol–water partition coefficient (Wildman–Crippen LogP) is 20.5. The van der Waals surface area contributed by atoms with Gasteiger partial charge in [0.1, 0.15) is 13.2 Å². The van der Waals surface area contributed by atoms with E-state index in [1.165, 1.54) is 154 Å². The SMILES string of the molecule is CC/C=C\C/C=C\C/C=C\C/C=C\C/C=C\C/C=C\CCCCCCC(=O)OCC(COC(=O)CCCCCCCCCCCCCCCCC)OC(=O)CCCCCCCCCCCCCCCCC. The molecule has 0 aromatic rings. The average molecular weight is 992 g/mol. The molecule has 6 nitrogen and oxygen atoms in total. The van der Waals surface area contributed by atoms with E-state index in [1.807, 2.05) is 0 Å². The monoisotopic (exact) mass is 991 g/mol. The maximum Gasteiger partial charge on any atom is 0.306 e. The van der Waals surface area contributed by atoms with Crippen LogP contribution in [0.2, 0.25) is 0 Å².